The fourth-order valence-electron chi connectivity index (χ4n) is 2.11. The Kier molecular flexibility index (Phi) is 3.21. The molecule has 0 radical (unpaired) electrons. The highest BCUT2D eigenvalue weighted by atomic mass is 16.1. The zero-order valence-electron chi connectivity index (χ0n) is 11.1. The van der Waals surface area contributed by atoms with Gasteiger partial charge in [-0.2, -0.15) is 0 Å². The third kappa shape index (κ3) is 2.40. The van der Waals surface area contributed by atoms with Crippen molar-refractivity contribution < 1.29 is 4.79 Å². The Morgan fingerprint density at radius 1 is 1.05 bits per heavy atom. The summed E-state index contributed by atoms with van der Waals surface area (Å²) in [4.78, 5) is 25.1. The van der Waals surface area contributed by atoms with Gasteiger partial charge in [0.2, 0.25) is 0 Å². The number of hydrogen-bond acceptors (Lipinski definition) is 4. The average molecular weight is 263 g/mol. The van der Waals surface area contributed by atoms with Crippen LogP contribution in [0.15, 0.2) is 48.8 Å². The number of pyridine rings is 3. The van der Waals surface area contributed by atoms with Crippen LogP contribution in [0.5, 0.6) is 0 Å². The summed E-state index contributed by atoms with van der Waals surface area (Å²) in [6, 6.07) is 11.0. The summed E-state index contributed by atoms with van der Waals surface area (Å²) in [5.41, 5.74) is 3.87. The van der Waals surface area contributed by atoms with E-state index in [2.05, 4.69) is 15.0 Å². The van der Waals surface area contributed by atoms with E-state index >= 15 is 0 Å². The van der Waals surface area contributed by atoms with Crippen LogP contribution in [0.25, 0.3) is 11.0 Å². The van der Waals surface area contributed by atoms with Gasteiger partial charge in [-0.05, 0) is 42.8 Å². The van der Waals surface area contributed by atoms with Crippen molar-refractivity contribution in [2.75, 3.05) is 0 Å². The molecule has 3 rings (SSSR count). The first kappa shape index (κ1) is 12.4. The molecule has 4 nitrogen and oxygen atoms in total. The lowest BCUT2D eigenvalue weighted by atomic mass is 10.1. The Morgan fingerprint density at radius 2 is 1.95 bits per heavy atom. The third-order valence-electron chi connectivity index (χ3n) is 3.11. The Labute approximate surface area is 116 Å². The van der Waals surface area contributed by atoms with Crippen LogP contribution in [0, 0.1) is 6.92 Å². The maximum absolute atomic E-state index is 12.2. The molecule has 4 heteroatoms. The molecule has 3 aromatic rings. The maximum Gasteiger partial charge on any atom is 0.185 e. The van der Waals surface area contributed by atoms with Gasteiger partial charge in [-0.25, -0.2) is 0 Å². The molecule has 0 N–H and O–H groups in total. The molecule has 3 heterocycles. The molecule has 0 fully saturated rings. The van der Waals surface area contributed by atoms with E-state index in [1.807, 2.05) is 31.2 Å². The van der Waals surface area contributed by atoms with Crippen molar-refractivity contribution in [3.63, 3.8) is 0 Å². The average Bonchev–Trinajstić information content (AvgIpc) is 2.49. The largest absolute Gasteiger partial charge is 0.292 e. The van der Waals surface area contributed by atoms with Crippen molar-refractivity contribution >= 4 is 16.8 Å². The molecule has 0 aliphatic rings. The quantitative estimate of drug-likeness (QED) is 0.682. The van der Waals surface area contributed by atoms with Gasteiger partial charge in [-0.3, -0.25) is 19.7 Å². The van der Waals surface area contributed by atoms with E-state index < -0.39 is 0 Å². The van der Waals surface area contributed by atoms with E-state index in [1.165, 1.54) is 0 Å². The van der Waals surface area contributed by atoms with Gasteiger partial charge in [0.15, 0.2) is 5.78 Å². The lowest BCUT2D eigenvalue weighted by molar-refractivity contribution is 0.0988. The molecule has 0 bridgehead atoms. The van der Waals surface area contributed by atoms with Gasteiger partial charge in [0.1, 0.15) is 5.69 Å². The second-order valence-corrected chi connectivity index (χ2v) is 4.61. The number of ketones is 1. The number of carbonyl (C=O) groups excluding carboxylic acids is 1. The highest BCUT2D eigenvalue weighted by molar-refractivity contribution is 5.97. The van der Waals surface area contributed by atoms with Crippen LogP contribution in [0.2, 0.25) is 0 Å². The molecule has 98 valence electrons. The number of nitrogens with zero attached hydrogens (tertiary/aromatic N) is 3. The zero-order valence-corrected chi connectivity index (χ0v) is 11.1. The Hall–Kier alpha value is -2.62. The predicted molar refractivity (Wildman–Crippen MR) is 76.5 cm³/mol. The summed E-state index contributed by atoms with van der Waals surface area (Å²) in [6.45, 7) is 1.93. The van der Waals surface area contributed by atoms with Crippen LogP contribution in [0.3, 0.4) is 0 Å². The van der Waals surface area contributed by atoms with E-state index in [0.717, 1.165) is 22.3 Å². The molecule has 0 aliphatic carbocycles. The van der Waals surface area contributed by atoms with E-state index in [4.69, 9.17) is 0 Å². The SMILES string of the molecule is Cc1ccc2nccc(CC(=O)c3ccccn3)c2n1. The Morgan fingerprint density at radius 3 is 2.75 bits per heavy atom. The van der Waals surface area contributed by atoms with Crippen LogP contribution in [-0.4, -0.2) is 20.7 Å². The number of carbonyl (C=O) groups is 1. The van der Waals surface area contributed by atoms with E-state index in [1.54, 1.807) is 24.5 Å². The molecule has 0 saturated heterocycles. The molecule has 0 spiro atoms. The lowest BCUT2D eigenvalue weighted by Gasteiger charge is -2.05. The van der Waals surface area contributed by atoms with Gasteiger partial charge < -0.3 is 0 Å². The highest BCUT2D eigenvalue weighted by Crippen LogP contribution is 2.16. The van der Waals surface area contributed by atoms with Crippen LogP contribution in [0.4, 0.5) is 0 Å². The van der Waals surface area contributed by atoms with Crippen molar-refractivity contribution in [1.82, 2.24) is 15.0 Å². The molecular weight excluding hydrogens is 250 g/mol. The minimum Gasteiger partial charge on any atom is -0.292 e. The fourth-order valence-corrected chi connectivity index (χ4v) is 2.11. The molecule has 0 aliphatic heterocycles. The number of rotatable bonds is 3. The molecule has 0 unspecified atom stereocenters. The lowest BCUT2D eigenvalue weighted by Crippen LogP contribution is -2.06. The summed E-state index contributed by atoms with van der Waals surface area (Å²) < 4.78 is 0. The van der Waals surface area contributed by atoms with E-state index in [9.17, 15) is 4.79 Å². The van der Waals surface area contributed by atoms with Crippen molar-refractivity contribution in [3.05, 3.63) is 65.7 Å². The van der Waals surface area contributed by atoms with Crippen LogP contribution in [-0.2, 0) is 6.42 Å². The monoisotopic (exact) mass is 263 g/mol. The van der Waals surface area contributed by atoms with Crippen molar-refractivity contribution in [2.45, 2.75) is 13.3 Å². The number of fused-ring (bicyclic) bond motifs is 1. The first-order valence-electron chi connectivity index (χ1n) is 6.39. The number of aryl methyl sites for hydroxylation is 1. The van der Waals surface area contributed by atoms with Crippen molar-refractivity contribution in [1.29, 1.82) is 0 Å². The first-order chi connectivity index (χ1) is 9.74. The molecule has 0 aromatic carbocycles. The van der Waals surface area contributed by atoms with Crippen LogP contribution in [0.1, 0.15) is 21.7 Å². The molecule has 0 amide bonds. The summed E-state index contributed by atoms with van der Waals surface area (Å²) in [5, 5.41) is 0. The minimum atomic E-state index is -0.0126. The number of aromatic nitrogens is 3. The molecule has 3 aromatic heterocycles. The molecule has 0 saturated carbocycles. The van der Waals surface area contributed by atoms with Gasteiger partial charge in [0.25, 0.3) is 0 Å². The van der Waals surface area contributed by atoms with Gasteiger partial charge in [-0.15, -0.1) is 0 Å². The topological polar surface area (TPSA) is 55.7 Å². The van der Waals surface area contributed by atoms with E-state index in [0.29, 0.717) is 5.69 Å². The number of hydrogen-bond donors (Lipinski definition) is 0. The minimum absolute atomic E-state index is 0.0126. The number of Topliss-reactive ketones (excluding diaryl/α,β-unsaturated/α-hetero) is 1. The van der Waals surface area contributed by atoms with Crippen LogP contribution < -0.4 is 0 Å². The van der Waals surface area contributed by atoms with Gasteiger partial charge in [-0.1, -0.05) is 6.07 Å². The molecular formula is C16H13N3O. The standard InChI is InChI=1S/C16H13N3O/c1-11-5-6-14-16(19-11)12(7-9-18-14)10-15(20)13-4-2-3-8-17-13/h2-9H,10H2,1H3. The first-order valence-corrected chi connectivity index (χ1v) is 6.39. The van der Waals surface area contributed by atoms with Crippen molar-refractivity contribution in [2.24, 2.45) is 0 Å². The summed E-state index contributed by atoms with van der Waals surface area (Å²) >= 11 is 0. The second-order valence-electron chi connectivity index (χ2n) is 4.61. The Balaban J connectivity index is 1.99. The predicted octanol–water partition coefficient (Wildman–Crippen LogP) is 2.76. The van der Waals surface area contributed by atoms with Gasteiger partial charge >= 0.3 is 0 Å². The maximum atomic E-state index is 12.2. The smallest absolute Gasteiger partial charge is 0.185 e. The van der Waals surface area contributed by atoms with E-state index in [-0.39, 0.29) is 12.2 Å². The summed E-state index contributed by atoms with van der Waals surface area (Å²) in [7, 11) is 0. The third-order valence-corrected chi connectivity index (χ3v) is 3.11. The van der Waals surface area contributed by atoms with Gasteiger partial charge in [0.05, 0.1) is 11.0 Å². The second kappa shape index (κ2) is 5.17. The normalized spacial score (nSPS) is 10.7. The molecule has 20 heavy (non-hydrogen) atoms. The zero-order chi connectivity index (χ0) is 13.9. The fraction of sp³-hybridized carbons (Fsp3) is 0.125. The van der Waals surface area contributed by atoms with Crippen molar-refractivity contribution in [3.8, 4) is 0 Å². The highest BCUT2D eigenvalue weighted by Gasteiger charge is 2.11. The van der Waals surface area contributed by atoms with Gasteiger partial charge in [0, 0.05) is 24.5 Å². The summed E-state index contributed by atoms with van der Waals surface area (Å²) in [6.07, 6.45) is 3.62. The Bertz CT molecular complexity index is 769. The molecule has 0 atom stereocenters. The van der Waals surface area contributed by atoms with Crippen LogP contribution >= 0.6 is 0 Å². The summed E-state index contributed by atoms with van der Waals surface area (Å²) in [5.74, 6) is -0.0126.